The molecular weight excluding hydrogens is 306 g/mol. The average Bonchev–Trinajstić information content (AvgIpc) is 2.95. The Morgan fingerprint density at radius 2 is 2.08 bits per heavy atom. The second-order valence-electron chi connectivity index (χ2n) is 6.02. The van der Waals surface area contributed by atoms with E-state index in [0.717, 1.165) is 37.1 Å². The second kappa shape index (κ2) is 6.13. The molecule has 0 saturated carbocycles. The van der Waals surface area contributed by atoms with Crippen LogP contribution in [0.15, 0.2) is 45.7 Å². The van der Waals surface area contributed by atoms with Gasteiger partial charge in [-0.05, 0) is 44.1 Å². The van der Waals surface area contributed by atoms with Crippen LogP contribution in [-0.4, -0.2) is 28.7 Å². The summed E-state index contributed by atoms with van der Waals surface area (Å²) in [7, 11) is 0. The van der Waals surface area contributed by atoms with Crippen molar-refractivity contribution >= 4 is 11.1 Å². The number of oxazole rings is 1. The Balaban J connectivity index is 1.61. The summed E-state index contributed by atoms with van der Waals surface area (Å²) in [5.41, 5.74) is 2.08. The molecule has 1 aromatic carbocycles. The highest BCUT2D eigenvalue weighted by molar-refractivity contribution is 5.75. The quantitative estimate of drug-likeness (QED) is 0.801. The summed E-state index contributed by atoms with van der Waals surface area (Å²) < 4.78 is 13.0. The number of fused-ring (bicyclic) bond motifs is 1. The molecule has 0 amide bonds. The van der Waals surface area contributed by atoms with Gasteiger partial charge in [-0.2, -0.15) is 0 Å². The van der Waals surface area contributed by atoms with Gasteiger partial charge in [0.2, 0.25) is 0 Å². The minimum absolute atomic E-state index is 0.128. The fourth-order valence-electron chi connectivity index (χ4n) is 3.03. The van der Waals surface area contributed by atoms with Crippen LogP contribution < -0.4 is 15.6 Å². The van der Waals surface area contributed by atoms with Crippen molar-refractivity contribution in [3.8, 4) is 11.4 Å². The van der Waals surface area contributed by atoms with Gasteiger partial charge in [-0.1, -0.05) is 0 Å². The number of ether oxygens (including phenoxy) is 1. The molecule has 0 atom stereocenters. The van der Waals surface area contributed by atoms with E-state index < -0.39 is 0 Å². The maximum atomic E-state index is 12.4. The van der Waals surface area contributed by atoms with Crippen LogP contribution in [0.2, 0.25) is 0 Å². The van der Waals surface area contributed by atoms with E-state index in [9.17, 15) is 4.79 Å². The lowest BCUT2D eigenvalue weighted by Crippen LogP contribution is -2.34. The molecule has 124 valence electrons. The highest BCUT2D eigenvalue weighted by Gasteiger charge is 2.15. The molecule has 1 aliphatic rings. The predicted molar refractivity (Wildman–Crippen MR) is 90.9 cm³/mol. The molecule has 1 aliphatic heterocycles. The molecular formula is C18H19N3O3. The van der Waals surface area contributed by atoms with Crippen molar-refractivity contribution in [3.05, 3.63) is 52.8 Å². The molecule has 0 radical (unpaired) electrons. The lowest BCUT2D eigenvalue weighted by Gasteiger charge is -2.23. The lowest BCUT2D eigenvalue weighted by molar-refractivity contribution is 0.162. The van der Waals surface area contributed by atoms with Gasteiger partial charge in [-0.25, -0.2) is 4.98 Å². The fourth-order valence-corrected chi connectivity index (χ4v) is 3.03. The maximum Gasteiger partial charge on any atom is 0.258 e. The zero-order chi connectivity index (χ0) is 16.5. The van der Waals surface area contributed by atoms with Gasteiger partial charge in [-0.15, -0.1) is 0 Å². The van der Waals surface area contributed by atoms with Crippen LogP contribution in [0, 0.1) is 6.92 Å². The fraction of sp³-hybridized carbons (Fsp3) is 0.333. The monoisotopic (exact) mass is 325 g/mol. The Hall–Kier alpha value is -2.60. The number of nitrogens with zero attached hydrogens (tertiary/aromatic N) is 2. The van der Waals surface area contributed by atoms with E-state index in [1.807, 2.05) is 24.3 Å². The molecule has 1 fully saturated rings. The minimum atomic E-state index is -0.128. The van der Waals surface area contributed by atoms with Gasteiger partial charge >= 0.3 is 0 Å². The topological polar surface area (TPSA) is 69.3 Å². The molecule has 2 aromatic heterocycles. The summed E-state index contributed by atoms with van der Waals surface area (Å²) in [6.45, 7) is 3.72. The highest BCUT2D eigenvalue weighted by atomic mass is 16.5. The minimum Gasteiger partial charge on any atom is -0.490 e. The van der Waals surface area contributed by atoms with Gasteiger partial charge in [0.1, 0.15) is 17.4 Å². The smallest absolute Gasteiger partial charge is 0.258 e. The molecule has 0 spiro atoms. The Morgan fingerprint density at radius 3 is 2.88 bits per heavy atom. The van der Waals surface area contributed by atoms with Crippen molar-refractivity contribution in [1.82, 2.24) is 14.9 Å². The molecule has 3 heterocycles. The molecule has 3 aromatic rings. The third-order valence-corrected chi connectivity index (χ3v) is 4.24. The maximum absolute atomic E-state index is 12.4. The lowest BCUT2D eigenvalue weighted by atomic mass is 10.1. The number of nitrogens with one attached hydrogen (secondary N) is 1. The van der Waals surface area contributed by atoms with Crippen molar-refractivity contribution < 1.29 is 9.15 Å². The average molecular weight is 325 g/mol. The van der Waals surface area contributed by atoms with Gasteiger partial charge in [0.25, 0.3) is 5.56 Å². The number of piperidine rings is 1. The Bertz CT molecular complexity index is 923. The van der Waals surface area contributed by atoms with E-state index >= 15 is 0 Å². The third kappa shape index (κ3) is 2.92. The molecule has 6 heteroatoms. The Kier molecular flexibility index (Phi) is 3.82. The first-order valence-corrected chi connectivity index (χ1v) is 8.17. The number of aromatic nitrogens is 2. The van der Waals surface area contributed by atoms with Crippen molar-refractivity contribution in [2.75, 3.05) is 13.1 Å². The number of rotatable bonds is 3. The highest BCUT2D eigenvalue weighted by Crippen LogP contribution is 2.20. The van der Waals surface area contributed by atoms with E-state index in [4.69, 9.17) is 9.15 Å². The first-order valence-electron chi connectivity index (χ1n) is 8.17. The molecule has 6 nitrogen and oxygen atoms in total. The summed E-state index contributed by atoms with van der Waals surface area (Å²) in [6.07, 6.45) is 3.84. The van der Waals surface area contributed by atoms with Crippen molar-refractivity contribution in [3.63, 3.8) is 0 Å². The number of hydrogen-bond donors (Lipinski definition) is 1. The largest absolute Gasteiger partial charge is 0.490 e. The van der Waals surface area contributed by atoms with Crippen LogP contribution in [0.3, 0.4) is 0 Å². The van der Waals surface area contributed by atoms with Crippen LogP contribution in [-0.2, 0) is 0 Å². The van der Waals surface area contributed by atoms with Crippen molar-refractivity contribution in [2.24, 2.45) is 0 Å². The van der Waals surface area contributed by atoms with Crippen LogP contribution in [0.5, 0.6) is 5.75 Å². The van der Waals surface area contributed by atoms with Gasteiger partial charge in [0.05, 0.1) is 5.69 Å². The van der Waals surface area contributed by atoms with E-state index in [2.05, 4.69) is 10.3 Å². The summed E-state index contributed by atoms with van der Waals surface area (Å²) >= 11 is 0. The number of pyridine rings is 1. The van der Waals surface area contributed by atoms with E-state index in [-0.39, 0.29) is 11.7 Å². The van der Waals surface area contributed by atoms with Crippen LogP contribution in [0.25, 0.3) is 16.8 Å². The van der Waals surface area contributed by atoms with E-state index in [1.54, 1.807) is 17.7 Å². The standard InChI is InChI=1S/C18H19N3O3/c1-12-20-16-3-2-13(10-17(16)23-12)21-9-6-15(11-18(21)22)24-14-4-7-19-8-5-14/h2-3,6,9-11,14,19H,4-5,7-8H2,1H3. The first-order chi connectivity index (χ1) is 11.7. The summed E-state index contributed by atoms with van der Waals surface area (Å²) in [5.74, 6) is 1.24. The number of hydrogen-bond acceptors (Lipinski definition) is 5. The zero-order valence-corrected chi connectivity index (χ0v) is 13.5. The van der Waals surface area contributed by atoms with Gasteiger partial charge in [-0.3, -0.25) is 9.36 Å². The molecule has 4 rings (SSSR count). The molecule has 0 unspecified atom stereocenters. The second-order valence-corrected chi connectivity index (χ2v) is 6.02. The normalized spacial score (nSPS) is 15.7. The van der Waals surface area contributed by atoms with Gasteiger partial charge < -0.3 is 14.5 Å². The Morgan fingerprint density at radius 1 is 1.25 bits per heavy atom. The Labute approximate surface area is 139 Å². The molecule has 0 bridgehead atoms. The first kappa shape index (κ1) is 15.0. The molecule has 24 heavy (non-hydrogen) atoms. The third-order valence-electron chi connectivity index (χ3n) is 4.24. The zero-order valence-electron chi connectivity index (χ0n) is 13.5. The van der Waals surface area contributed by atoms with Crippen molar-refractivity contribution in [1.29, 1.82) is 0 Å². The van der Waals surface area contributed by atoms with Gasteiger partial charge in [0.15, 0.2) is 11.5 Å². The summed E-state index contributed by atoms with van der Waals surface area (Å²) in [6, 6.07) is 8.91. The van der Waals surface area contributed by atoms with Gasteiger partial charge in [0, 0.05) is 25.3 Å². The molecule has 1 saturated heterocycles. The summed E-state index contributed by atoms with van der Waals surface area (Å²) in [4.78, 5) is 16.7. The predicted octanol–water partition coefficient (Wildman–Crippen LogP) is 2.42. The van der Waals surface area contributed by atoms with E-state index in [1.165, 1.54) is 6.07 Å². The number of aryl methyl sites for hydroxylation is 1. The van der Waals surface area contributed by atoms with Crippen LogP contribution in [0.4, 0.5) is 0 Å². The van der Waals surface area contributed by atoms with Crippen LogP contribution in [0.1, 0.15) is 18.7 Å². The molecule has 0 aliphatic carbocycles. The van der Waals surface area contributed by atoms with Crippen LogP contribution >= 0.6 is 0 Å². The van der Waals surface area contributed by atoms with E-state index in [0.29, 0.717) is 17.2 Å². The number of benzene rings is 1. The SMILES string of the molecule is Cc1nc2ccc(-n3ccc(OC4CCNCC4)cc3=O)cc2o1. The summed E-state index contributed by atoms with van der Waals surface area (Å²) in [5, 5.41) is 3.30. The van der Waals surface area contributed by atoms with Crippen molar-refractivity contribution in [2.45, 2.75) is 25.9 Å². The molecule has 1 N–H and O–H groups in total.